The van der Waals surface area contributed by atoms with Crippen LogP contribution in [0.2, 0.25) is 0 Å². The summed E-state index contributed by atoms with van der Waals surface area (Å²) >= 11 is 0. The number of aliphatic hydroxyl groups is 1. The van der Waals surface area contributed by atoms with E-state index in [0.29, 0.717) is 18.2 Å². The van der Waals surface area contributed by atoms with Crippen LogP contribution in [0.5, 0.6) is 5.75 Å². The number of para-hydroxylation sites is 1. The number of ether oxygens (including phenoxy) is 1. The number of benzene rings is 1. The average molecular weight is 259 g/mol. The fourth-order valence-electron chi connectivity index (χ4n) is 2.93. The molecule has 2 heterocycles. The van der Waals surface area contributed by atoms with Crippen LogP contribution in [0.25, 0.3) is 0 Å². The molecule has 4 nitrogen and oxygen atoms in total. The largest absolute Gasteiger partial charge is 0.415 e. The topological polar surface area (TPSA) is 49.8 Å². The molecule has 0 saturated carbocycles. The third-order valence-electron chi connectivity index (χ3n) is 3.88. The van der Waals surface area contributed by atoms with Crippen LogP contribution in [0.1, 0.15) is 6.42 Å². The van der Waals surface area contributed by atoms with Crippen molar-refractivity contribution >= 4 is 6.09 Å². The first kappa shape index (κ1) is 12.2. The quantitative estimate of drug-likeness (QED) is 0.827. The number of carbonyl (C=O) groups is 1. The Kier molecular flexibility index (Phi) is 3.25. The Balaban J connectivity index is 1.72. The van der Waals surface area contributed by atoms with Gasteiger partial charge in [-0.3, -0.25) is 0 Å². The third-order valence-corrected chi connectivity index (χ3v) is 3.88. The molecular formula is C15H17NO3. The maximum Gasteiger partial charge on any atom is 0.415 e. The summed E-state index contributed by atoms with van der Waals surface area (Å²) in [4.78, 5) is 13.9. The van der Waals surface area contributed by atoms with Gasteiger partial charge in [0.1, 0.15) is 5.75 Å². The second-order valence-electron chi connectivity index (χ2n) is 5.15. The van der Waals surface area contributed by atoms with E-state index in [1.807, 2.05) is 24.3 Å². The zero-order valence-corrected chi connectivity index (χ0v) is 10.6. The summed E-state index contributed by atoms with van der Waals surface area (Å²) in [6, 6.07) is 9.04. The molecule has 2 bridgehead atoms. The van der Waals surface area contributed by atoms with Crippen molar-refractivity contribution in [1.82, 2.24) is 4.90 Å². The van der Waals surface area contributed by atoms with E-state index < -0.39 is 0 Å². The summed E-state index contributed by atoms with van der Waals surface area (Å²) in [5.74, 6) is 1.02. The van der Waals surface area contributed by atoms with Crippen LogP contribution < -0.4 is 4.74 Å². The minimum atomic E-state index is -0.330. The molecule has 1 saturated heterocycles. The van der Waals surface area contributed by atoms with Crippen molar-refractivity contribution < 1.29 is 14.6 Å². The second kappa shape index (κ2) is 5.05. The van der Waals surface area contributed by atoms with E-state index in [4.69, 9.17) is 4.74 Å². The fourth-order valence-corrected chi connectivity index (χ4v) is 2.93. The van der Waals surface area contributed by atoms with Crippen LogP contribution in [0.15, 0.2) is 42.5 Å². The molecule has 3 atom stereocenters. The summed E-state index contributed by atoms with van der Waals surface area (Å²) in [6.07, 6.45) is 4.78. The molecule has 0 radical (unpaired) electrons. The highest BCUT2D eigenvalue weighted by atomic mass is 16.6. The van der Waals surface area contributed by atoms with Gasteiger partial charge in [0.05, 0.1) is 6.04 Å². The van der Waals surface area contributed by atoms with Crippen molar-refractivity contribution in [3.63, 3.8) is 0 Å². The van der Waals surface area contributed by atoms with Gasteiger partial charge in [-0.25, -0.2) is 4.79 Å². The van der Waals surface area contributed by atoms with Crippen LogP contribution in [-0.2, 0) is 0 Å². The number of rotatable bonds is 2. The third kappa shape index (κ3) is 2.36. The Morgan fingerprint density at radius 2 is 2.11 bits per heavy atom. The lowest BCUT2D eigenvalue weighted by Gasteiger charge is -2.45. The van der Waals surface area contributed by atoms with Crippen molar-refractivity contribution in [2.24, 2.45) is 11.8 Å². The minimum Gasteiger partial charge on any atom is -0.410 e. The molecule has 1 aliphatic carbocycles. The smallest absolute Gasteiger partial charge is 0.410 e. The van der Waals surface area contributed by atoms with Crippen molar-refractivity contribution in [3.8, 4) is 5.75 Å². The summed E-state index contributed by atoms with van der Waals surface area (Å²) in [5, 5.41) is 9.39. The number of fused-ring (bicyclic) bond motifs is 2. The van der Waals surface area contributed by atoms with Crippen molar-refractivity contribution in [1.29, 1.82) is 0 Å². The molecule has 1 N–H and O–H groups in total. The zero-order valence-electron chi connectivity index (χ0n) is 10.6. The van der Waals surface area contributed by atoms with Gasteiger partial charge in [0.25, 0.3) is 0 Å². The monoisotopic (exact) mass is 259 g/mol. The lowest BCUT2D eigenvalue weighted by molar-refractivity contribution is 0.0527. The Bertz CT molecular complexity index is 485. The summed E-state index contributed by atoms with van der Waals surface area (Å²) in [6.45, 7) is 0.796. The van der Waals surface area contributed by atoms with Gasteiger partial charge in [-0.05, 0) is 24.5 Å². The van der Waals surface area contributed by atoms with Crippen LogP contribution in [0.4, 0.5) is 4.79 Å². The molecule has 1 amide bonds. The molecule has 3 aliphatic rings. The molecular weight excluding hydrogens is 242 g/mol. The SMILES string of the molecule is O=C(Oc1ccccc1)N1C[C@@H]2C=C[C@@H]1[C@@H](CO)C2. The van der Waals surface area contributed by atoms with Gasteiger partial charge in [0, 0.05) is 19.1 Å². The molecule has 100 valence electrons. The van der Waals surface area contributed by atoms with Crippen LogP contribution in [-0.4, -0.2) is 35.3 Å². The number of nitrogens with zero attached hydrogens (tertiary/aromatic N) is 1. The number of hydrogen-bond acceptors (Lipinski definition) is 3. The van der Waals surface area contributed by atoms with E-state index >= 15 is 0 Å². The number of hydrogen-bond donors (Lipinski definition) is 1. The maximum absolute atomic E-state index is 12.2. The number of amides is 1. The lowest BCUT2D eigenvalue weighted by atomic mass is 9.78. The second-order valence-corrected chi connectivity index (χ2v) is 5.15. The van der Waals surface area contributed by atoms with E-state index in [2.05, 4.69) is 6.08 Å². The highest BCUT2D eigenvalue weighted by Gasteiger charge is 2.40. The maximum atomic E-state index is 12.2. The molecule has 0 unspecified atom stereocenters. The van der Waals surface area contributed by atoms with Gasteiger partial charge in [-0.15, -0.1) is 0 Å². The summed E-state index contributed by atoms with van der Waals surface area (Å²) in [5.41, 5.74) is 0. The lowest BCUT2D eigenvalue weighted by Crippen LogP contribution is -2.54. The Morgan fingerprint density at radius 1 is 1.32 bits per heavy atom. The van der Waals surface area contributed by atoms with E-state index in [1.165, 1.54) is 0 Å². The van der Waals surface area contributed by atoms with E-state index in [9.17, 15) is 9.90 Å². The van der Waals surface area contributed by atoms with Gasteiger partial charge in [0.2, 0.25) is 0 Å². The van der Waals surface area contributed by atoms with Gasteiger partial charge in [-0.2, -0.15) is 0 Å². The molecule has 1 aromatic rings. The van der Waals surface area contributed by atoms with Crippen molar-refractivity contribution in [2.45, 2.75) is 12.5 Å². The Morgan fingerprint density at radius 3 is 2.79 bits per heavy atom. The van der Waals surface area contributed by atoms with Gasteiger partial charge in [-0.1, -0.05) is 30.4 Å². The predicted molar refractivity (Wildman–Crippen MR) is 70.8 cm³/mol. The predicted octanol–water partition coefficient (Wildman–Crippen LogP) is 2.05. The Labute approximate surface area is 112 Å². The molecule has 19 heavy (non-hydrogen) atoms. The number of piperidine rings is 1. The normalized spacial score (nSPS) is 28.5. The molecule has 1 fully saturated rings. The average Bonchev–Trinajstić information content (AvgIpc) is 2.48. The number of aliphatic hydroxyl groups excluding tert-OH is 1. The summed E-state index contributed by atoms with van der Waals surface area (Å²) in [7, 11) is 0. The highest BCUT2D eigenvalue weighted by molar-refractivity contribution is 5.72. The number of carbonyl (C=O) groups excluding carboxylic acids is 1. The molecule has 4 heteroatoms. The summed E-state index contributed by atoms with van der Waals surface area (Å²) < 4.78 is 5.37. The van der Waals surface area contributed by atoms with Gasteiger partial charge < -0.3 is 14.7 Å². The molecule has 0 spiro atoms. The van der Waals surface area contributed by atoms with Crippen LogP contribution >= 0.6 is 0 Å². The Hall–Kier alpha value is -1.81. The van der Waals surface area contributed by atoms with E-state index in [0.717, 1.165) is 6.42 Å². The first-order valence-corrected chi connectivity index (χ1v) is 6.60. The standard InChI is InChI=1S/C15H17NO3/c17-10-12-8-11-6-7-14(12)16(9-11)15(18)19-13-4-2-1-3-5-13/h1-7,11-12,14,17H,8-10H2/t11-,12-,14-/m1/s1. The first-order chi connectivity index (χ1) is 9.28. The van der Waals surface area contributed by atoms with E-state index in [-0.39, 0.29) is 24.7 Å². The van der Waals surface area contributed by atoms with E-state index in [1.54, 1.807) is 17.0 Å². The fraction of sp³-hybridized carbons (Fsp3) is 0.400. The van der Waals surface area contributed by atoms with Crippen LogP contribution in [0.3, 0.4) is 0 Å². The van der Waals surface area contributed by atoms with Gasteiger partial charge >= 0.3 is 6.09 Å². The van der Waals surface area contributed by atoms with Crippen LogP contribution in [0, 0.1) is 11.8 Å². The molecule has 4 rings (SSSR count). The first-order valence-electron chi connectivity index (χ1n) is 6.60. The van der Waals surface area contributed by atoms with Crippen molar-refractivity contribution in [2.75, 3.05) is 13.2 Å². The highest BCUT2D eigenvalue weighted by Crippen LogP contribution is 2.34. The van der Waals surface area contributed by atoms with Crippen molar-refractivity contribution in [3.05, 3.63) is 42.5 Å². The van der Waals surface area contributed by atoms with Gasteiger partial charge in [0.15, 0.2) is 0 Å². The minimum absolute atomic E-state index is 0.0359. The molecule has 1 aromatic carbocycles. The molecule has 2 aliphatic heterocycles. The zero-order chi connectivity index (χ0) is 13.2. The molecule has 0 aromatic heterocycles.